The quantitative estimate of drug-likeness (QED) is 0.116. The molecule has 0 aromatic heterocycles. The number of carbonyl (C=O) groups excluding carboxylic acids is 3. The number of ketones is 3. The van der Waals surface area contributed by atoms with E-state index in [0.29, 0.717) is 34.7 Å². The topological polar surface area (TPSA) is 107 Å². The van der Waals surface area contributed by atoms with Crippen LogP contribution in [0.3, 0.4) is 0 Å². The van der Waals surface area contributed by atoms with Crippen LogP contribution in [0.1, 0.15) is 55.0 Å². The van der Waals surface area contributed by atoms with Crippen molar-refractivity contribution >= 4 is 34.8 Å². The van der Waals surface area contributed by atoms with Crippen molar-refractivity contribution in [1.29, 1.82) is 0 Å². The maximum absolute atomic E-state index is 14.8. The molecule has 7 rings (SSSR count). The molecule has 8 nitrogen and oxygen atoms in total. The highest BCUT2D eigenvalue weighted by molar-refractivity contribution is 6.32. The zero-order valence-electron chi connectivity index (χ0n) is 23.2. The highest BCUT2D eigenvalue weighted by Gasteiger charge is 2.72. The third-order valence-electron chi connectivity index (χ3n) is 8.88. The maximum atomic E-state index is 14.8. The molecule has 0 amide bonds. The third kappa shape index (κ3) is 3.65. The van der Waals surface area contributed by atoms with E-state index in [4.69, 9.17) is 4.74 Å². The van der Waals surface area contributed by atoms with E-state index < -0.39 is 34.1 Å². The van der Waals surface area contributed by atoms with Crippen molar-refractivity contribution < 1.29 is 24.0 Å². The van der Waals surface area contributed by atoms with Gasteiger partial charge in [0.15, 0.2) is 17.3 Å². The molecular weight excluding hydrogens is 544 g/mol. The summed E-state index contributed by atoms with van der Waals surface area (Å²) in [6.45, 7) is 2.18. The van der Waals surface area contributed by atoms with Crippen molar-refractivity contribution in [2.24, 2.45) is 5.41 Å². The molecule has 43 heavy (non-hydrogen) atoms. The fourth-order valence-electron chi connectivity index (χ4n) is 7.23. The van der Waals surface area contributed by atoms with Gasteiger partial charge in [0, 0.05) is 46.0 Å². The van der Waals surface area contributed by atoms with Crippen LogP contribution in [0.2, 0.25) is 0 Å². The Bertz CT molecular complexity index is 1840. The number of carbonyl (C=O) groups is 3. The number of non-ortho nitro benzene ring substituents is 1. The Morgan fingerprint density at radius 3 is 2.30 bits per heavy atom. The first kappa shape index (κ1) is 26.5. The lowest BCUT2D eigenvalue weighted by atomic mass is 9.64. The summed E-state index contributed by atoms with van der Waals surface area (Å²) in [5, 5.41) is 11.7. The van der Waals surface area contributed by atoms with E-state index in [9.17, 15) is 24.5 Å². The first-order valence-electron chi connectivity index (χ1n) is 14.1. The second kappa shape index (κ2) is 9.87. The first-order valence-corrected chi connectivity index (χ1v) is 14.1. The van der Waals surface area contributed by atoms with Crippen molar-refractivity contribution in [3.63, 3.8) is 0 Å². The Balaban J connectivity index is 1.56. The molecule has 0 bridgehead atoms. The molecule has 0 unspecified atom stereocenters. The third-order valence-corrected chi connectivity index (χ3v) is 8.88. The monoisotopic (exact) mass is 570 g/mol. The lowest BCUT2D eigenvalue weighted by Gasteiger charge is -2.37. The number of rotatable bonds is 6. The van der Waals surface area contributed by atoms with Crippen LogP contribution in [0, 0.1) is 15.5 Å². The van der Waals surface area contributed by atoms with Crippen LogP contribution in [0.4, 0.5) is 11.4 Å². The molecule has 2 aliphatic heterocycles. The molecule has 0 saturated carbocycles. The molecule has 212 valence electrons. The largest absolute Gasteiger partial charge is 0.494 e. The van der Waals surface area contributed by atoms with E-state index in [-0.39, 0.29) is 22.8 Å². The second-order valence-electron chi connectivity index (χ2n) is 10.9. The fourth-order valence-corrected chi connectivity index (χ4v) is 7.23. The number of Topliss-reactive ketones (excluding diaryl/α,β-unsaturated/α-hetero) is 3. The Morgan fingerprint density at radius 1 is 0.907 bits per heavy atom. The number of hydrogen-bond acceptors (Lipinski definition) is 7. The van der Waals surface area contributed by atoms with Gasteiger partial charge in [-0.2, -0.15) is 0 Å². The predicted molar refractivity (Wildman–Crippen MR) is 161 cm³/mol. The van der Waals surface area contributed by atoms with Crippen LogP contribution < -0.4 is 9.64 Å². The lowest BCUT2D eigenvalue weighted by Crippen LogP contribution is -2.48. The predicted octanol–water partition coefficient (Wildman–Crippen LogP) is 6.31. The smallest absolute Gasteiger partial charge is 0.270 e. The highest BCUT2D eigenvalue weighted by atomic mass is 16.6. The summed E-state index contributed by atoms with van der Waals surface area (Å²) >= 11 is 0. The van der Waals surface area contributed by atoms with E-state index >= 15 is 0 Å². The van der Waals surface area contributed by atoms with Crippen LogP contribution >= 0.6 is 0 Å². The molecule has 1 aliphatic carbocycles. The maximum Gasteiger partial charge on any atom is 0.270 e. The minimum atomic E-state index is -1.69. The zero-order valence-corrected chi connectivity index (χ0v) is 23.2. The van der Waals surface area contributed by atoms with Gasteiger partial charge in [-0.1, -0.05) is 84.9 Å². The van der Waals surface area contributed by atoms with Gasteiger partial charge >= 0.3 is 0 Å². The number of para-hydroxylation sites is 2. The van der Waals surface area contributed by atoms with Gasteiger partial charge < -0.3 is 9.64 Å². The van der Waals surface area contributed by atoms with Gasteiger partial charge in [0.1, 0.15) is 17.2 Å². The summed E-state index contributed by atoms with van der Waals surface area (Å²) in [7, 11) is 0. The van der Waals surface area contributed by atoms with Crippen LogP contribution in [-0.2, 0) is 0 Å². The standard InChI is InChI=1S/C35H26N2O6/c1-2-43-28-17-8-6-15-26(28)30-31(32(38)22-11-9-12-23(20-22)37(41)42)36-27-16-7-3-10-21(27)18-19-29(36)35(30)33(39)24-13-4-5-14-25(24)34(35)40/h3-20,29-31H,2H2,1H3/t29-,30+,31-/m1/s1. The van der Waals surface area contributed by atoms with Crippen molar-refractivity contribution in [2.45, 2.75) is 24.9 Å². The summed E-state index contributed by atoms with van der Waals surface area (Å²) in [5.74, 6) is -1.63. The molecule has 1 fully saturated rings. The zero-order chi connectivity index (χ0) is 29.9. The van der Waals surface area contributed by atoms with E-state index in [1.54, 1.807) is 42.5 Å². The van der Waals surface area contributed by atoms with Crippen molar-refractivity contribution in [3.05, 3.63) is 141 Å². The van der Waals surface area contributed by atoms with Gasteiger partial charge in [0.25, 0.3) is 5.69 Å². The molecular formula is C35H26N2O6. The number of nitrogens with zero attached hydrogens (tertiary/aromatic N) is 2. The summed E-state index contributed by atoms with van der Waals surface area (Å²) in [5.41, 5.74) is 0.942. The number of fused-ring (bicyclic) bond motifs is 5. The van der Waals surface area contributed by atoms with E-state index in [0.717, 1.165) is 5.56 Å². The lowest BCUT2D eigenvalue weighted by molar-refractivity contribution is -0.384. The van der Waals surface area contributed by atoms with Gasteiger partial charge in [-0.25, -0.2) is 0 Å². The minimum absolute atomic E-state index is 0.122. The highest BCUT2D eigenvalue weighted by Crippen LogP contribution is 2.62. The average Bonchev–Trinajstić information content (AvgIpc) is 3.47. The number of nitro benzene ring substituents is 1. The Morgan fingerprint density at radius 2 is 1.58 bits per heavy atom. The Labute approximate surface area is 247 Å². The molecule has 1 spiro atoms. The van der Waals surface area contributed by atoms with Gasteiger partial charge in [-0.05, 0) is 24.6 Å². The van der Waals surface area contributed by atoms with E-state index in [2.05, 4.69) is 0 Å². The molecule has 3 atom stereocenters. The summed E-state index contributed by atoms with van der Waals surface area (Å²) in [4.78, 5) is 57.4. The molecule has 0 radical (unpaired) electrons. The van der Waals surface area contributed by atoms with E-state index in [1.807, 2.05) is 60.4 Å². The van der Waals surface area contributed by atoms with Crippen LogP contribution in [0.15, 0.2) is 103 Å². The van der Waals surface area contributed by atoms with E-state index in [1.165, 1.54) is 18.2 Å². The van der Waals surface area contributed by atoms with Gasteiger partial charge in [0.05, 0.1) is 17.6 Å². The SMILES string of the molecule is CCOc1ccccc1[C@H]1[C@H](C(=O)c2cccc([N+](=O)[O-])c2)N2c3ccccc3C=C[C@@H]2C12C(=O)c1ccccc1C2=O. The number of nitro groups is 1. The number of hydrogen-bond donors (Lipinski definition) is 0. The minimum Gasteiger partial charge on any atom is -0.494 e. The molecule has 4 aromatic carbocycles. The van der Waals surface area contributed by atoms with Crippen LogP contribution in [0.5, 0.6) is 5.75 Å². The molecule has 4 aromatic rings. The number of ether oxygens (including phenoxy) is 1. The van der Waals surface area contributed by atoms with Crippen molar-refractivity contribution in [1.82, 2.24) is 0 Å². The van der Waals surface area contributed by atoms with Gasteiger partial charge in [-0.3, -0.25) is 24.5 Å². The van der Waals surface area contributed by atoms with Crippen LogP contribution in [0.25, 0.3) is 6.08 Å². The molecule has 1 saturated heterocycles. The Kier molecular flexibility index (Phi) is 6.09. The first-order chi connectivity index (χ1) is 20.9. The number of benzene rings is 4. The van der Waals surface area contributed by atoms with Crippen molar-refractivity contribution in [2.75, 3.05) is 11.5 Å². The van der Waals surface area contributed by atoms with Gasteiger partial charge in [0.2, 0.25) is 0 Å². The van der Waals surface area contributed by atoms with Gasteiger partial charge in [-0.15, -0.1) is 0 Å². The second-order valence-corrected chi connectivity index (χ2v) is 10.9. The molecule has 8 heteroatoms. The number of anilines is 1. The normalized spacial score (nSPS) is 21.0. The average molecular weight is 571 g/mol. The fraction of sp³-hybridized carbons (Fsp3) is 0.171. The summed E-state index contributed by atoms with van der Waals surface area (Å²) < 4.78 is 6.05. The molecule has 0 N–H and O–H groups in total. The van der Waals surface area contributed by atoms with Crippen molar-refractivity contribution in [3.8, 4) is 5.75 Å². The summed E-state index contributed by atoms with van der Waals surface area (Å²) in [6.07, 6.45) is 3.74. The summed E-state index contributed by atoms with van der Waals surface area (Å²) in [6, 6.07) is 25.3. The molecule has 3 aliphatic rings. The Hall–Kier alpha value is -5.37. The van der Waals surface area contributed by atoms with Crippen LogP contribution in [-0.4, -0.2) is 41.0 Å². The molecule has 2 heterocycles.